The molecule has 0 fully saturated rings. The number of fused-ring (bicyclic) bond motifs is 2. The van der Waals surface area contributed by atoms with Crippen molar-refractivity contribution in [2.45, 2.75) is 33.1 Å². The number of hydrogen-bond donors (Lipinski definition) is 0. The van der Waals surface area contributed by atoms with E-state index < -0.39 is 8.15 Å². The summed E-state index contributed by atoms with van der Waals surface area (Å²) in [4.78, 5) is 0. The summed E-state index contributed by atoms with van der Waals surface area (Å²) in [6.45, 7) is 4.53. The Morgan fingerprint density at radius 2 is 1.22 bits per heavy atom. The number of benzene rings is 5. The van der Waals surface area contributed by atoms with Crippen LogP contribution in [0.3, 0.4) is 0 Å². The predicted octanol–water partition coefficient (Wildman–Crippen LogP) is 8.05. The lowest BCUT2D eigenvalue weighted by Crippen LogP contribution is -2.16. The lowest BCUT2D eigenvalue weighted by atomic mass is 9.87. The normalized spacial score (nSPS) is 12.6. The van der Waals surface area contributed by atoms with Gasteiger partial charge in [0, 0.05) is 21.7 Å². The summed E-state index contributed by atoms with van der Waals surface area (Å²) < 4.78 is 13.3. The first-order valence-electron chi connectivity index (χ1n) is 13.0. The molecule has 2 nitrogen and oxygen atoms in total. The molecule has 3 heteroatoms. The van der Waals surface area contributed by atoms with Gasteiger partial charge >= 0.3 is 0 Å². The Morgan fingerprint density at radius 1 is 0.622 bits per heavy atom. The second kappa shape index (κ2) is 10.0. The molecule has 1 aliphatic carbocycles. The standard InChI is InChI=1S/C34H31O2P/c1-23-28-19-12-20-29(28)24(2)34(32(23)33-30-18-11-10-13-25(30)21-22-31(33)35-3)36-37(26-14-6-4-7-15-26)27-16-8-5-9-17-27/h4-11,13-18,21-22H,12,19-20H2,1-3H3. The van der Waals surface area contributed by atoms with E-state index in [1.54, 1.807) is 7.11 Å². The molecule has 0 saturated carbocycles. The second-order valence-corrected chi connectivity index (χ2v) is 11.5. The molecule has 0 radical (unpaired) electrons. The molecule has 0 heterocycles. The number of methoxy groups -OCH3 is 1. The maximum atomic E-state index is 7.27. The fourth-order valence-electron chi connectivity index (χ4n) is 5.78. The first kappa shape index (κ1) is 23.8. The number of rotatable bonds is 6. The van der Waals surface area contributed by atoms with Crippen LogP contribution in [0.1, 0.15) is 28.7 Å². The molecular weight excluding hydrogens is 471 g/mol. The quantitative estimate of drug-likeness (QED) is 0.219. The Bertz CT molecular complexity index is 1540. The van der Waals surface area contributed by atoms with E-state index in [1.165, 1.54) is 55.6 Å². The molecular formula is C34H31O2P. The minimum Gasteiger partial charge on any atom is -0.496 e. The fourth-order valence-corrected chi connectivity index (χ4v) is 7.59. The van der Waals surface area contributed by atoms with Gasteiger partial charge in [0.2, 0.25) is 0 Å². The van der Waals surface area contributed by atoms with Crippen molar-refractivity contribution in [1.29, 1.82) is 0 Å². The minimum absolute atomic E-state index is 0.882. The van der Waals surface area contributed by atoms with Gasteiger partial charge < -0.3 is 9.26 Å². The first-order valence-corrected chi connectivity index (χ1v) is 14.2. The van der Waals surface area contributed by atoms with Crippen LogP contribution < -0.4 is 19.9 Å². The molecule has 0 N–H and O–H groups in total. The molecule has 5 aromatic rings. The van der Waals surface area contributed by atoms with Gasteiger partial charge in [0.25, 0.3) is 0 Å². The van der Waals surface area contributed by atoms with Crippen LogP contribution in [-0.4, -0.2) is 7.11 Å². The second-order valence-electron chi connectivity index (χ2n) is 9.69. The lowest BCUT2D eigenvalue weighted by molar-refractivity contribution is 0.417. The van der Waals surface area contributed by atoms with Gasteiger partial charge in [0.15, 0.2) is 8.15 Å². The van der Waals surface area contributed by atoms with Gasteiger partial charge in [-0.25, -0.2) is 0 Å². The van der Waals surface area contributed by atoms with E-state index in [9.17, 15) is 0 Å². The molecule has 184 valence electrons. The zero-order chi connectivity index (χ0) is 25.4. The topological polar surface area (TPSA) is 18.5 Å². The summed E-state index contributed by atoms with van der Waals surface area (Å²) in [5.74, 6) is 1.87. The highest BCUT2D eigenvalue weighted by atomic mass is 31.1. The Morgan fingerprint density at radius 3 is 1.86 bits per heavy atom. The molecule has 1 aliphatic rings. The fraction of sp³-hybridized carbons (Fsp3) is 0.176. The Kier molecular flexibility index (Phi) is 6.45. The van der Waals surface area contributed by atoms with Crippen molar-refractivity contribution in [2.75, 3.05) is 7.11 Å². The van der Waals surface area contributed by atoms with Gasteiger partial charge in [-0.1, -0.05) is 91.0 Å². The predicted molar refractivity (Wildman–Crippen MR) is 157 cm³/mol. The van der Waals surface area contributed by atoms with E-state index in [1.807, 2.05) is 0 Å². The van der Waals surface area contributed by atoms with Crippen LogP contribution >= 0.6 is 8.15 Å². The van der Waals surface area contributed by atoms with Crippen molar-refractivity contribution in [3.05, 3.63) is 119 Å². The summed E-state index contributed by atoms with van der Waals surface area (Å²) in [6.07, 6.45) is 3.42. The van der Waals surface area contributed by atoms with Crippen LogP contribution in [0.25, 0.3) is 21.9 Å². The van der Waals surface area contributed by atoms with E-state index in [-0.39, 0.29) is 0 Å². The first-order chi connectivity index (χ1) is 18.2. The van der Waals surface area contributed by atoms with E-state index >= 15 is 0 Å². The van der Waals surface area contributed by atoms with Crippen molar-refractivity contribution < 1.29 is 9.26 Å². The number of ether oxygens (including phenoxy) is 1. The molecule has 0 saturated heterocycles. The van der Waals surface area contributed by atoms with Crippen molar-refractivity contribution in [1.82, 2.24) is 0 Å². The monoisotopic (exact) mass is 502 g/mol. The van der Waals surface area contributed by atoms with Crippen LogP contribution in [0.2, 0.25) is 0 Å². The molecule has 0 unspecified atom stereocenters. The van der Waals surface area contributed by atoms with E-state index in [0.29, 0.717) is 0 Å². The van der Waals surface area contributed by atoms with Gasteiger partial charge in [-0.2, -0.15) is 0 Å². The third-order valence-corrected chi connectivity index (χ3v) is 9.49. The summed E-state index contributed by atoms with van der Waals surface area (Å²) >= 11 is 0. The smallest absolute Gasteiger partial charge is 0.150 e. The maximum absolute atomic E-state index is 7.27. The average Bonchev–Trinajstić information content (AvgIpc) is 3.46. The van der Waals surface area contributed by atoms with Crippen molar-refractivity contribution >= 4 is 29.5 Å². The highest BCUT2D eigenvalue weighted by Crippen LogP contribution is 2.51. The highest BCUT2D eigenvalue weighted by molar-refractivity contribution is 7.68. The Labute approximate surface area is 220 Å². The summed E-state index contributed by atoms with van der Waals surface area (Å²) in [5.41, 5.74) is 7.83. The van der Waals surface area contributed by atoms with Gasteiger partial charge in [0.05, 0.1) is 7.11 Å². The van der Waals surface area contributed by atoms with E-state index in [4.69, 9.17) is 9.26 Å². The summed E-state index contributed by atoms with van der Waals surface area (Å²) in [6, 6.07) is 34.1. The Hall–Kier alpha value is -3.61. The van der Waals surface area contributed by atoms with Crippen LogP contribution in [0, 0.1) is 13.8 Å². The lowest BCUT2D eigenvalue weighted by Gasteiger charge is -2.27. The zero-order valence-corrected chi connectivity index (χ0v) is 22.5. The van der Waals surface area contributed by atoms with Gasteiger partial charge in [-0.15, -0.1) is 0 Å². The third-order valence-electron chi connectivity index (χ3n) is 7.59. The maximum Gasteiger partial charge on any atom is 0.150 e. The van der Waals surface area contributed by atoms with Gasteiger partial charge in [-0.3, -0.25) is 0 Å². The molecule has 5 aromatic carbocycles. The van der Waals surface area contributed by atoms with Crippen molar-refractivity contribution in [2.24, 2.45) is 0 Å². The minimum atomic E-state index is -1.07. The third kappa shape index (κ3) is 4.20. The molecule has 0 amide bonds. The van der Waals surface area contributed by atoms with E-state index in [0.717, 1.165) is 29.9 Å². The van der Waals surface area contributed by atoms with Gasteiger partial charge in [-0.05, 0) is 72.2 Å². The van der Waals surface area contributed by atoms with Crippen LogP contribution in [-0.2, 0) is 12.8 Å². The molecule has 0 bridgehead atoms. The highest BCUT2D eigenvalue weighted by Gasteiger charge is 2.29. The van der Waals surface area contributed by atoms with Crippen LogP contribution in [0.4, 0.5) is 0 Å². The summed E-state index contributed by atoms with van der Waals surface area (Å²) in [7, 11) is 0.702. The molecule has 0 aliphatic heterocycles. The summed E-state index contributed by atoms with van der Waals surface area (Å²) in [5, 5.41) is 4.81. The number of hydrogen-bond acceptors (Lipinski definition) is 2. The van der Waals surface area contributed by atoms with Crippen LogP contribution in [0.5, 0.6) is 11.5 Å². The Balaban J connectivity index is 1.65. The molecule has 0 aromatic heterocycles. The van der Waals surface area contributed by atoms with Crippen molar-refractivity contribution in [3.8, 4) is 22.6 Å². The molecule has 6 rings (SSSR count). The molecule has 0 spiro atoms. The van der Waals surface area contributed by atoms with Gasteiger partial charge in [0.1, 0.15) is 11.5 Å². The van der Waals surface area contributed by atoms with Crippen molar-refractivity contribution in [3.63, 3.8) is 0 Å². The van der Waals surface area contributed by atoms with E-state index in [2.05, 4.69) is 111 Å². The zero-order valence-electron chi connectivity index (χ0n) is 21.6. The largest absolute Gasteiger partial charge is 0.496 e. The molecule has 0 atom stereocenters. The average molecular weight is 503 g/mol. The van der Waals surface area contributed by atoms with Crippen LogP contribution in [0.15, 0.2) is 97.1 Å². The molecule has 37 heavy (non-hydrogen) atoms. The SMILES string of the molecule is COc1ccc2ccccc2c1-c1c(C)c2c(c(C)c1OP(c1ccccc1)c1ccccc1)CCC2.